The van der Waals surface area contributed by atoms with Gasteiger partial charge in [0.15, 0.2) is 0 Å². The summed E-state index contributed by atoms with van der Waals surface area (Å²) in [5.74, 6) is -0.373. The summed E-state index contributed by atoms with van der Waals surface area (Å²) in [6.07, 6.45) is 7.29. The molecule has 0 aromatic carbocycles. The van der Waals surface area contributed by atoms with E-state index in [1.165, 1.54) is 10.5 Å². The summed E-state index contributed by atoms with van der Waals surface area (Å²) in [7, 11) is 0. The monoisotopic (exact) mass is 295 g/mol. The molecule has 0 aromatic heterocycles. The first-order valence-electron chi connectivity index (χ1n) is 7.86. The first-order valence-corrected chi connectivity index (χ1v) is 7.86. The number of amides is 1. The van der Waals surface area contributed by atoms with Gasteiger partial charge in [-0.3, -0.25) is 9.59 Å². The van der Waals surface area contributed by atoms with E-state index in [0.29, 0.717) is 13.2 Å². The second kappa shape index (κ2) is 7.59. The molecule has 0 unspecified atom stereocenters. The van der Waals surface area contributed by atoms with E-state index in [-0.39, 0.29) is 18.5 Å². The number of carbonyl (C=O) groups excluding carboxylic acids is 1. The minimum Gasteiger partial charge on any atom is -0.480 e. The number of aliphatic carboxylic acids is 1. The summed E-state index contributed by atoms with van der Waals surface area (Å²) in [6, 6.07) is -0.0123. The highest BCUT2D eigenvalue weighted by Crippen LogP contribution is 2.28. The molecule has 0 spiro atoms. The predicted molar refractivity (Wildman–Crippen MR) is 78.9 cm³/mol. The van der Waals surface area contributed by atoms with E-state index < -0.39 is 5.97 Å². The summed E-state index contributed by atoms with van der Waals surface area (Å²) in [6.45, 7) is 3.21. The van der Waals surface area contributed by atoms with Gasteiger partial charge >= 0.3 is 5.97 Å². The lowest BCUT2D eigenvalue weighted by molar-refractivity contribution is -0.145. The van der Waals surface area contributed by atoms with Gasteiger partial charge in [-0.05, 0) is 44.4 Å². The standard InChI is InChI=1S/C16H25NO4/c1-12-2-4-13(5-3-12)10-15(18)17(11-16(19)20)14-6-8-21-9-7-14/h10,12,14H,2-9,11H2,1H3,(H,19,20). The topological polar surface area (TPSA) is 66.8 Å². The van der Waals surface area contributed by atoms with Crippen LogP contribution in [-0.4, -0.2) is 47.7 Å². The Labute approximate surface area is 126 Å². The third-order valence-corrected chi connectivity index (χ3v) is 4.46. The maximum atomic E-state index is 12.5. The first kappa shape index (κ1) is 16.0. The number of nitrogens with zero attached hydrogens (tertiary/aromatic N) is 1. The Bertz CT molecular complexity index is 403. The number of hydrogen-bond acceptors (Lipinski definition) is 3. The van der Waals surface area contributed by atoms with Gasteiger partial charge < -0.3 is 14.7 Å². The van der Waals surface area contributed by atoms with Crippen LogP contribution >= 0.6 is 0 Å². The number of allylic oxidation sites excluding steroid dienone is 1. The number of carbonyl (C=O) groups is 2. The summed E-state index contributed by atoms with van der Waals surface area (Å²) < 4.78 is 5.30. The summed E-state index contributed by atoms with van der Waals surface area (Å²) in [5, 5.41) is 9.06. The number of rotatable bonds is 4. The summed E-state index contributed by atoms with van der Waals surface area (Å²) in [4.78, 5) is 25.0. The normalized spacial score (nSPS) is 23.7. The molecule has 118 valence electrons. The van der Waals surface area contributed by atoms with Gasteiger partial charge in [0.25, 0.3) is 0 Å². The van der Waals surface area contributed by atoms with Crippen molar-refractivity contribution >= 4 is 11.9 Å². The van der Waals surface area contributed by atoms with Gasteiger partial charge in [0, 0.05) is 25.3 Å². The van der Waals surface area contributed by atoms with Crippen LogP contribution in [-0.2, 0) is 14.3 Å². The molecule has 5 heteroatoms. The second-order valence-electron chi connectivity index (χ2n) is 6.19. The first-order chi connectivity index (χ1) is 10.1. The molecule has 21 heavy (non-hydrogen) atoms. The second-order valence-corrected chi connectivity index (χ2v) is 6.19. The maximum absolute atomic E-state index is 12.5. The van der Waals surface area contributed by atoms with Gasteiger partial charge in [-0.2, -0.15) is 0 Å². The Kier molecular flexibility index (Phi) is 5.79. The van der Waals surface area contributed by atoms with E-state index in [2.05, 4.69) is 6.92 Å². The molecule has 1 aliphatic carbocycles. The molecule has 1 saturated heterocycles. The molecule has 0 bridgehead atoms. The fraction of sp³-hybridized carbons (Fsp3) is 0.750. The Balaban J connectivity index is 2.02. The quantitative estimate of drug-likeness (QED) is 0.808. The van der Waals surface area contributed by atoms with E-state index in [1.54, 1.807) is 6.08 Å². The lowest BCUT2D eigenvalue weighted by Crippen LogP contribution is -2.45. The van der Waals surface area contributed by atoms with Crippen LogP contribution in [0.1, 0.15) is 45.4 Å². The molecule has 0 atom stereocenters. The Morgan fingerprint density at radius 3 is 2.43 bits per heavy atom. The van der Waals surface area contributed by atoms with Crippen molar-refractivity contribution in [2.24, 2.45) is 5.92 Å². The molecule has 1 N–H and O–H groups in total. The average Bonchev–Trinajstić information content (AvgIpc) is 2.48. The molecule has 2 aliphatic rings. The van der Waals surface area contributed by atoms with Gasteiger partial charge in [-0.25, -0.2) is 0 Å². The third kappa shape index (κ3) is 4.84. The molecule has 2 rings (SSSR count). The van der Waals surface area contributed by atoms with Crippen molar-refractivity contribution in [3.05, 3.63) is 11.6 Å². The Morgan fingerprint density at radius 2 is 1.86 bits per heavy atom. The van der Waals surface area contributed by atoms with Crippen LogP contribution in [0.2, 0.25) is 0 Å². The van der Waals surface area contributed by atoms with Crippen LogP contribution in [0.25, 0.3) is 0 Å². The van der Waals surface area contributed by atoms with Crippen LogP contribution in [0, 0.1) is 5.92 Å². The number of carboxylic acids is 1. The van der Waals surface area contributed by atoms with Crippen LogP contribution in [0.3, 0.4) is 0 Å². The smallest absolute Gasteiger partial charge is 0.323 e. The van der Waals surface area contributed by atoms with Crippen molar-refractivity contribution in [3.63, 3.8) is 0 Å². The zero-order chi connectivity index (χ0) is 15.2. The lowest BCUT2D eigenvalue weighted by atomic mass is 9.87. The SMILES string of the molecule is CC1CCC(=CC(=O)N(CC(=O)O)C2CCOCC2)CC1. The van der Waals surface area contributed by atoms with Crippen molar-refractivity contribution in [1.29, 1.82) is 0 Å². The fourth-order valence-corrected chi connectivity index (χ4v) is 3.06. The van der Waals surface area contributed by atoms with Crippen LogP contribution in [0.4, 0.5) is 0 Å². The highest BCUT2D eigenvalue weighted by atomic mass is 16.5. The average molecular weight is 295 g/mol. The van der Waals surface area contributed by atoms with Crippen molar-refractivity contribution in [2.75, 3.05) is 19.8 Å². The van der Waals surface area contributed by atoms with Crippen LogP contribution < -0.4 is 0 Å². The molecule has 1 aliphatic heterocycles. The number of ether oxygens (including phenoxy) is 1. The van der Waals surface area contributed by atoms with E-state index >= 15 is 0 Å². The van der Waals surface area contributed by atoms with Gasteiger partial charge in [0.2, 0.25) is 5.91 Å². The Hall–Kier alpha value is -1.36. The van der Waals surface area contributed by atoms with Crippen molar-refractivity contribution < 1.29 is 19.4 Å². The molecule has 5 nitrogen and oxygen atoms in total. The molecule has 1 amide bonds. The van der Waals surface area contributed by atoms with Crippen molar-refractivity contribution in [2.45, 2.75) is 51.5 Å². The molecular weight excluding hydrogens is 270 g/mol. The zero-order valence-corrected chi connectivity index (χ0v) is 12.7. The predicted octanol–water partition coefficient (Wildman–Crippen LogP) is 2.22. The van der Waals surface area contributed by atoms with E-state index in [1.807, 2.05) is 0 Å². The molecule has 1 heterocycles. The highest BCUT2D eigenvalue weighted by molar-refractivity contribution is 5.91. The van der Waals surface area contributed by atoms with E-state index in [9.17, 15) is 9.59 Å². The molecule has 0 radical (unpaired) electrons. The van der Waals surface area contributed by atoms with Gasteiger partial charge in [-0.1, -0.05) is 12.5 Å². The zero-order valence-electron chi connectivity index (χ0n) is 12.7. The lowest BCUT2D eigenvalue weighted by Gasteiger charge is -2.33. The van der Waals surface area contributed by atoms with Crippen molar-refractivity contribution in [1.82, 2.24) is 4.90 Å². The van der Waals surface area contributed by atoms with E-state index in [4.69, 9.17) is 9.84 Å². The Morgan fingerprint density at radius 1 is 1.24 bits per heavy atom. The number of hydrogen-bond donors (Lipinski definition) is 1. The van der Waals surface area contributed by atoms with Crippen molar-refractivity contribution in [3.8, 4) is 0 Å². The number of carboxylic acid groups (broad SMARTS) is 1. The largest absolute Gasteiger partial charge is 0.480 e. The highest BCUT2D eigenvalue weighted by Gasteiger charge is 2.27. The van der Waals surface area contributed by atoms with Gasteiger partial charge in [0.1, 0.15) is 6.54 Å². The maximum Gasteiger partial charge on any atom is 0.323 e. The van der Waals surface area contributed by atoms with E-state index in [0.717, 1.165) is 44.4 Å². The minimum absolute atomic E-state index is 0.0123. The summed E-state index contributed by atoms with van der Waals surface area (Å²) in [5.41, 5.74) is 1.17. The third-order valence-electron chi connectivity index (χ3n) is 4.46. The van der Waals surface area contributed by atoms with Gasteiger partial charge in [-0.15, -0.1) is 0 Å². The van der Waals surface area contributed by atoms with Crippen LogP contribution in [0.15, 0.2) is 11.6 Å². The minimum atomic E-state index is -0.953. The van der Waals surface area contributed by atoms with Crippen LogP contribution in [0.5, 0.6) is 0 Å². The molecule has 1 saturated carbocycles. The van der Waals surface area contributed by atoms with Gasteiger partial charge in [0.05, 0.1) is 0 Å². The molecule has 2 fully saturated rings. The fourth-order valence-electron chi connectivity index (χ4n) is 3.06. The molecular formula is C16H25NO4. The molecule has 0 aromatic rings. The summed E-state index contributed by atoms with van der Waals surface area (Å²) >= 11 is 0.